The Morgan fingerprint density at radius 2 is 1.86 bits per heavy atom. The molecule has 3 N–H and O–H groups in total. The summed E-state index contributed by atoms with van der Waals surface area (Å²) >= 11 is 0. The molecule has 306 valence electrons. The Bertz CT molecular complexity index is 2020. The van der Waals surface area contributed by atoms with Gasteiger partial charge >= 0.3 is 6.09 Å². The van der Waals surface area contributed by atoms with Gasteiger partial charge in [0.15, 0.2) is 0 Å². The summed E-state index contributed by atoms with van der Waals surface area (Å²) in [6, 6.07) is 1.62. The maximum Gasteiger partial charge on any atom is 0.408 e. The van der Waals surface area contributed by atoms with Crippen LogP contribution in [0.15, 0.2) is 36.5 Å². The van der Waals surface area contributed by atoms with E-state index in [4.69, 9.17) is 14.2 Å². The molecule has 4 aliphatic rings. The van der Waals surface area contributed by atoms with Gasteiger partial charge in [0.05, 0.1) is 19.9 Å². The molecule has 0 spiro atoms. The lowest BCUT2D eigenvalue weighted by Crippen LogP contribution is -2.59. The zero-order valence-electron chi connectivity index (χ0n) is 32.5. The van der Waals surface area contributed by atoms with Crippen LogP contribution in [0, 0.1) is 23.6 Å². The average molecular weight is 804 g/mol. The number of amides is 4. The second-order valence-electron chi connectivity index (χ2n) is 16.8. The fourth-order valence-corrected chi connectivity index (χ4v) is 9.19. The minimum Gasteiger partial charge on any atom is -0.494 e. The molecule has 3 heterocycles. The van der Waals surface area contributed by atoms with Crippen molar-refractivity contribution in [2.24, 2.45) is 17.8 Å². The van der Waals surface area contributed by atoms with Crippen LogP contribution in [-0.4, -0.2) is 96.5 Å². The number of rotatable bonds is 8. The van der Waals surface area contributed by atoms with Crippen LogP contribution < -0.4 is 24.8 Å². The number of nitrogens with zero attached hydrogens (tertiary/aromatic N) is 2. The summed E-state index contributed by atoms with van der Waals surface area (Å²) in [6.07, 6.45) is 5.35. The minimum absolute atomic E-state index is 0.0672. The number of pyridine rings is 1. The molecule has 2 aliphatic carbocycles. The minimum atomic E-state index is -4.41. The molecule has 2 aromatic rings. The van der Waals surface area contributed by atoms with Crippen LogP contribution in [0.25, 0.3) is 10.8 Å². The van der Waals surface area contributed by atoms with E-state index in [9.17, 15) is 36.4 Å². The predicted molar refractivity (Wildman–Crippen MR) is 201 cm³/mol. The van der Waals surface area contributed by atoms with Crippen molar-refractivity contribution in [1.82, 2.24) is 25.2 Å². The van der Waals surface area contributed by atoms with Crippen LogP contribution in [0.5, 0.6) is 11.6 Å². The van der Waals surface area contributed by atoms with E-state index in [-0.39, 0.29) is 44.0 Å². The van der Waals surface area contributed by atoms with Crippen LogP contribution in [-0.2, 0) is 29.1 Å². The number of hydrogen-bond acceptors (Lipinski definition) is 10. The van der Waals surface area contributed by atoms with Crippen LogP contribution in [0.3, 0.4) is 0 Å². The molecule has 6 rings (SSSR count). The van der Waals surface area contributed by atoms with E-state index in [1.807, 2.05) is 19.9 Å². The van der Waals surface area contributed by atoms with E-state index in [1.165, 1.54) is 36.4 Å². The van der Waals surface area contributed by atoms with Crippen molar-refractivity contribution >= 4 is 44.6 Å². The molecule has 7 unspecified atom stereocenters. The van der Waals surface area contributed by atoms with E-state index >= 15 is 0 Å². The third-order valence-corrected chi connectivity index (χ3v) is 13.3. The van der Waals surface area contributed by atoms with Gasteiger partial charge in [0.2, 0.25) is 27.7 Å². The number of alkyl halides is 1. The quantitative estimate of drug-likeness (QED) is 0.323. The van der Waals surface area contributed by atoms with Crippen molar-refractivity contribution in [3.63, 3.8) is 0 Å². The van der Waals surface area contributed by atoms with E-state index in [1.54, 1.807) is 26.8 Å². The Morgan fingerprint density at radius 3 is 2.52 bits per heavy atom. The number of sulfonamides is 1. The highest BCUT2D eigenvalue weighted by Crippen LogP contribution is 2.48. The van der Waals surface area contributed by atoms with Crippen molar-refractivity contribution in [2.75, 3.05) is 20.3 Å². The van der Waals surface area contributed by atoms with Gasteiger partial charge in [0.25, 0.3) is 5.91 Å². The molecular weight excluding hydrogens is 753 g/mol. The number of hydrogen-bond donors (Lipinski definition) is 3. The number of halogens is 2. The Labute approximate surface area is 325 Å². The van der Waals surface area contributed by atoms with Gasteiger partial charge in [0.1, 0.15) is 52.3 Å². The summed E-state index contributed by atoms with van der Waals surface area (Å²) in [5.41, 5.74) is -2.56. The Hall–Kier alpha value is -4.54. The number of methoxy groups -OCH3 is 1. The number of nitrogens with one attached hydrogen (secondary N) is 3. The van der Waals surface area contributed by atoms with Crippen LogP contribution in [0.2, 0.25) is 0 Å². The second-order valence-corrected chi connectivity index (χ2v) is 18.9. The maximum absolute atomic E-state index is 14.7. The number of allylic oxidation sites excluding steroid dienone is 1. The lowest BCUT2D eigenvalue weighted by atomic mass is 9.88. The first-order chi connectivity index (χ1) is 26.3. The van der Waals surface area contributed by atoms with Crippen molar-refractivity contribution < 1.29 is 50.6 Å². The van der Waals surface area contributed by atoms with Gasteiger partial charge in [-0.15, -0.1) is 0 Å². The van der Waals surface area contributed by atoms with Gasteiger partial charge in [-0.2, -0.15) is 0 Å². The molecule has 0 bridgehead atoms. The topological polar surface area (TPSA) is 182 Å². The Balaban J connectivity index is 1.36. The highest BCUT2D eigenvalue weighted by atomic mass is 32.2. The predicted octanol–water partition coefficient (Wildman–Crippen LogP) is 4.46. The van der Waals surface area contributed by atoms with Crippen LogP contribution in [0.4, 0.5) is 13.6 Å². The van der Waals surface area contributed by atoms with Crippen molar-refractivity contribution in [1.29, 1.82) is 0 Å². The molecule has 3 fully saturated rings. The van der Waals surface area contributed by atoms with Crippen molar-refractivity contribution in [2.45, 2.75) is 114 Å². The van der Waals surface area contributed by atoms with E-state index in [0.717, 1.165) is 0 Å². The molecule has 1 saturated heterocycles. The van der Waals surface area contributed by atoms with E-state index < -0.39 is 92.2 Å². The smallest absolute Gasteiger partial charge is 0.408 e. The van der Waals surface area contributed by atoms with E-state index in [2.05, 4.69) is 20.3 Å². The van der Waals surface area contributed by atoms with Crippen LogP contribution in [0.1, 0.15) is 79.6 Å². The van der Waals surface area contributed by atoms with Crippen LogP contribution >= 0.6 is 0 Å². The molecule has 7 atom stereocenters. The van der Waals surface area contributed by atoms with Gasteiger partial charge in [0, 0.05) is 23.1 Å². The summed E-state index contributed by atoms with van der Waals surface area (Å²) in [5, 5.41) is 6.35. The normalized spacial score (nSPS) is 29.2. The standard InChI is InChI=1S/C39H51F2N5O9S/c1-22-9-7-8-10-24-18-39(24,35(49)45-56(51,52)38(21-40)13-14-38)44-32(47)29-17-26(54-33-27-12-11-25(41)16-28(27)30(53-6)19-42-33)20-46(29)34(48)31(23(2)15-22)43-36(50)55-37(3,4)5/h8,10-12,16,19,22-24,26,29,31H,7,9,13-15,17-18,20-21H2,1-6H3,(H,43,50)(H,44,47)(H,45,49). The molecule has 4 amide bonds. The summed E-state index contributed by atoms with van der Waals surface area (Å²) in [6.45, 7) is 7.67. The number of carbonyl (C=O) groups is 4. The highest BCUT2D eigenvalue weighted by molar-refractivity contribution is 7.91. The molecule has 0 radical (unpaired) electrons. The molecule has 2 saturated carbocycles. The number of benzene rings is 1. The van der Waals surface area contributed by atoms with Gasteiger partial charge < -0.3 is 29.7 Å². The Kier molecular flexibility index (Phi) is 11.3. The number of aromatic nitrogens is 1. The fraction of sp³-hybridized carbons (Fsp3) is 0.615. The van der Waals surface area contributed by atoms with Gasteiger partial charge in [-0.05, 0) is 89.3 Å². The number of fused-ring (bicyclic) bond motifs is 3. The number of ether oxygens (including phenoxy) is 3. The van der Waals surface area contributed by atoms with Gasteiger partial charge in [-0.3, -0.25) is 19.1 Å². The first-order valence-corrected chi connectivity index (χ1v) is 20.5. The molecule has 17 heteroatoms. The summed E-state index contributed by atoms with van der Waals surface area (Å²) < 4.78 is 72.1. The molecule has 1 aromatic heterocycles. The SMILES string of the molecule is COc1cnc(OC2CC3C(=O)NC4(C(=O)NS(=O)(=O)C5(CF)CC5)CC4C=CCCC(C)CC(C)C(NC(=O)OC(C)(C)C)C(=O)N3C2)c2ccc(F)cc12. The summed E-state index contributed by atoms with van der Waals surface area (Å²) in [7, 11) is -2.99. The first kappa shape index (κ1) is 41.1. The monoisotopic (exact) mass is 803 g/mol. The first-order valence-electron chi connectivity index (χ1n) is 19.0. The average Bonchev–Trinajstić information content (AvgIpc) is 4.02. The molecule has 2 aliphatic heterocycles. The number of alkyl carbamates (subject to hydrolysis) is 1. The molecule has 56 heavy (non-hydrogen) atoms. The molecule has 1 aromatic carbocycles. The van der Waals surface area contributed by atoms with Gasteiger partial charge in [-0.25, -0.2) is 27.0 Å². The lowest BCUT2D eigenvalue weighted by Gasteiger charge is -2.33. The summed E-state index contributed by atoms with van der Waals surface area (Å²) in [5.74, 6) is -3.32. The van der Waals surface area contributed by atoms with Crippen molar-refractivity contribution in [3.05, 3.63) is 42.4 Å². The second kappa shape index (κ2) is 15.4. The van der Waals surface area contributed by atoms with Gasteiger partial charge in [-0.1, -0.05) is 26.0 Å². The van der Waals surface area contributed by atoms with E-state index in [0.29, 0.717) is 35.8 Å². The lowest BCUT2D eigenvalue weighted by molar-refractivity contribution is -0.142. The maximum atomic E-state index is 14.7. The Morgan fingerprint density at radius 1 is 1.12 bits per heavy atom. The molecular formula is C39H51F2N5O9S. The highest BCUT2D eigenvalue weighted by Gasteiger charge is 2.64. The third-order valence-electron chi connectivity index (χ3n) is 11.2. The third kappa shape index (κ3) is 8.42. The largest absolute Gasteiger partial charge is 0.494 e. The van der Waals surface area contributed by atoms with Crippen molar-refractivity contribution in [3.8, 4) is 11.6 Å². The zero-order chi connectivity index (χ0) is 40.8. The number of carbonyl (C=O) groups excluding carboxylic acids is 4. The fourth-order valence-electron chi connectivity index (χ4n) is 7.76. The zero-order valence-corrected chi connectivity index (χ0v) is 33.3. The molecule has 14 nitrogen and oxygen atoms in total. The summed E-state index contributed by atoms with van der Waals surface area (Å²) in [4.78, 5) is 62.0.